The Morgan fingerprint density at radius 1 is 0.309 bits per heavy atom. The molecule has 0 aliphatic carbocycles. The number of hydrogen-bond acceptors (Lipinski definition) is 3. The molecule has 0 saturated heterocycles. The van der Waals surface area contributed by atoms with Crippen LogP contribution in [-0.4, -0.2) is 0 Å². The van der Waals surface area contributed by atoms with Crippen LogP contribution in [0.15, 0.2) is 174 Å². The van der Waals surface area contributed by atoms with Gasteiger partial charge in [0.1, 0.15) is 0 Å². The van der Waals surface area contributed by atoms with Gasteiger partial charge in [0.15, 0.2) is 0 Å². The van der Waals surface area contributed by atoms with Gasteiger partial charge in [0.25, 0.3) is 0 Å². The fourth-order valence-corrected chi connectivity index (χ4v) is 10.7. The molecule has 0 aliphatic rings. The van der Waals surface area contributed by atoms with Gasteiger partial charge >= 0.3 is 0 Å². The van der Waals surface area contributed by atoms with Gasteiger partial charge in [-0.25, -0.2) is 0 Å². The fourth-order valence-electron chi connectivity index (χ4n) is 10.3. The Hall–Kier alpha value is -6.36. The summed E-state index contributed by atoms with van der Waals surface area (Å²) in [6, 6.07) is 62.4. The molecule has 81 heavy (non-hydrogen) atoms. The summed E-state index contributed by atoms with van der Waals surface area (Å²) in [5.41, 5.74) is 30.5. The second kappa shape index (κ2) is 25.0. The number of nitrogens with two attached hydrogens (primary N) is 1. The minimum atomic E-state index is 0.107. The summed E-state index contributed by atoms with van der Waals surface area (Å²) in [5, 5.41) is 0. The Balaban J connectivity index is 0.000000225. The average molecular weight is 1150 g/mol. The van der Waals surface area contributed by atoms with E-state index in [4.69, 9.17) is 5.73 Å². The van der Waals surface area contributed by atoms with Gasteiger partial charge in [-0.2, -0.15) is 0 Å². The number of halogens is 1. The second-order valence-corrected chi connectivity index (χ2v) is 29.7. The van der Waals surface area contributed by atoms with Crippen LogP contribution in [0.2, 0.25) is 0 Å². The third kappa shape index (κ3) is 16.9. The first kappa shape index (κ1) is 63.8. The lowest BCUT2D eigenvalue weighted by Gasteiger charge is -2.31. The van der Waals surface area contributed by atoms with Crippen molar-refractivity contribution in [2.24, 2.45) is 0 Å². The van der Waals surface area contributed by atoms with Crippen LogP contribution in [-0.2, 0) is 38.9 Å². The summed E-state index contributed by atoms with van der Waals surface area (Å²) in [4.78, 5) is 4.84. The van der Waals surface area contributed by atoms with Crippen LogP contribution >= 0.6 is 15.9 Å². The molecule has 0 radical (unpaired) electrons. The van der Waals surface area contributed by atoms with E-state index < -0.39 is 0 Å². The fraction of sp³-hybridized carbons (Fsp3) is 0.377. The van der Waals surface area contributed by atoms with Gasteiger partial charge in [0.05, 0.1) is 11.4 Å². The van der Waals surface area contributed by atoms with Crippen LogP contribution in [0.3, 0.4) is 0 Å². The van der Waals surface area contributed by atoms with Crippen LogP contribution in [0.5, 0.6) is 0 Å². The highest BCUT2D eigenvalue weighted by atomic mass is 79.9. The third-order valence-electron chi connectivity index (χ3n) is 15.4. The number of anilines is 7. The highest BCUT2D eigenvalue weighted by Crippen LogP contribution is 2.44. The Morgan fingerprint density at radius 3 is 0.926 bits per heavy atom. The van der Waals surface area contributed by atoms with Crippen LogP contribution in [0.1, 0.15) is 191 Å². The number of nitrogen functional groups attached to an aromatic ring is 1. The van der Waals surface area contributed by atoms with Crippen molar-refractivity contribution in [1.82, 2.24) is 0 Å². The van der Waals surface area contributed by atoms with Crippen molar-refractivity contribution in [2.75, 3.05) is 15.5 Å². The predicted octanol–water partition coefficient (Wildman–Crippen LogP) is 23.0. The van der Waals surface area contributed by atoms with Gasteiger partial charge in [-0.05, 0) is 200 Å². The standard InChI is InChI=1S/C39H49N.C28H34BrN.C10H15N/c1-27-23-33(39(9,10)11)24-28(2)36(27)40(34-21-19-32(20-22-34)38(6,7)8)35-14-12-13-30(26-35)25-29-15-17-31(18-16-29)37(3,4)5;1-19-16-22(28(6,7)8)17-20(2)26(19)30(25-11-9-10-23(29)18-25)24-14-12-21(13-15-24)27(3,4)5;1-10(2,3)8-4-6-9(11)7-5-8/h12-24,26H,25H2,1-11H3;9-18H,1-8H3;4-7H,11H2,1-3H3. The quantitative estimate of drug-likeness (QED) is 0.154. The number of benzene rings is 8. The molecule has 3 nitrogen and oxygen atoms in total. The molecule has 0 aromatic heterocycles. The van der Waals surface area contributed by atoms with E-state index in [1.165, 1.54) is 95.2 Å². The van der Waals surface area contributed by atoms with Crippen molar-refractivity contribution in [3.8, 4) is 0 Å². The van der Waals surface area contributed by atoms with Crippen molar-refractivity contribution < 1.29 is 0 Å². The lowest BCUT2D eigenvalue weighted by Crippen LogP contribution is -2.17. The second-order valence-electron chi connectivity index (χ2n) is 28.8. The summed E-state index contributed by atoms with van der Waals surface area (Å²) in [7, 11) is 0. The largest absolute Gasteiger partial charge is 0.399 e. The van der Waals surface area contributed by atoms with Crippen LogP contribution in [0.4, 0.5) is 39.8 Å². The van der Waals surface area contributed by atoms with Gasteiger partial charge in [-0.3, -0.25) is 0 Å². The number of rotatable bonds is 8. The van der Waals surface area contributed by atoms with E-state index in [1.807, 2.05) is 12.1 Å². The molecule has 0 aliphatic heterocycles. The highest BCUT2D eigenvalue weighted by molar-refractivity contribution is 9.10. The first-order valence-corrected chi connectivity index (χ1v) is 30.1. The summed E-state index contributed by atoms with van der Waals surface area (Å²) in [5.74, 6) is 0. The monoisotopic (exact) mass is 1140 g/mol. The highest BCUT2D eigenvalue weighted by Gasteiger charge is 2.25. The summed E-state index contributed by atoms with van der Waals surface area (Å²) < 4.78 is 1.08. The predicted molar refractivity (Wildman–Crippen MR) is 361 cm³/mol. The molecule has 0 bridgehead atoms. The topological polar surface area (TPSA) is 32.5 Å². The van der Waals surface area contributed by atoms with Gasteiger partial charge in [0, 0.05) is 32.9 Å². The van der Waals surface area contributed by atoms with E-state index in [9.17, 15) is 0 Å². The van der Waals surface area contributed by atoms with E-state index in [0.717, 1.165) is 22.3 Å². The molecular weight excluding hydrogens is 1050 g/mol. The molecule has 0 spiro atoms. The molecule has 8 aromatic carbocycles. The molecule has 428 valence electrons. The van der Waals surface area contributed by atoms with E-state index in [1.54, 1.807) is 0 Å². The van der Waals surface area contributed by atoms with Crippen molar-refractivity contribution >= 4 is 55.7 Å². The number of hydrogen-bond donors (Lipinski definition) is 1. The zero-order valence-electron chi connectivity index (χ0n) is 53.7. The molecule has 0 atom stereocenters. The maximum atomic E-state index is 5.57. The van der Waals surface area contributed by atoms with Crippen LogP contribution in [0, 0.1) is 27.7 Å². The van der Waals surface area contributed by atoms with E-state index in [-0.39, 0.29) is 32.5 Å². The molecule has 2 N–H and O–H groups in total. The van der Waals surface area contributed by atoms with E-state index in [2.05, 4.69) is 336 Å². The average Bonchev–Trinajstić information content (AvgIpc) is 3.52. The summed E-state index contributed by atoms with van der Waals surface area (Å²) in [6.07, 6.45) is 0.913. The van der Waals surface area contributed by atoms with Crippen LogP contribution in [0.25, 0.3) is 0 Å². The number of aryl methyl sites for hydroxylation is 4. The smallest absolute Gasteiger partial charge is 0.0520 e. The third-order valence-corrected chi connectivity index (χ3v) is 15.9. The minimum Gasteiger partial charge on any atom is -0.399 e. The molecule has 0 heterocycles. The van der Waals surface area contributed by atoms with Gasteiger partial charge < -0.3 is 15.5 Å². The Labute approximate surface area is 500 Å². The van der Waals surface area contributed by atoms with E-state index in [0.29, 0.717) is 0 Å². The Kier molecular flexibility index (Phi) is 19.7. The lowest BCUT2D eigenvalue weighted by molar-refractivity contribution is 0.589. The molecule has 8 aromatic rings. The Morgan fingerprint density at radius 2 is 0.605 bits per heavy atom. The molecule has 0 saturated carbocycles. The maximum absolute atomic E-state index is 5.57. The minimum absolute atomic E-state index is 0.107. The zero-order chi connectivity index (χ0) is 60.2. The van der Waals surface area contributed by atoms with Crippen molar-refractivity contribution in [1.29, 1.82) is 0 Å². The van der Waals surface area contributed by atoms with Crippen LogP contribution < -0.4 is 15.5 Å². The SMILES string of the molecule is CC(C)(C)c1ccc(N)cc1.Cc1cc(C(C)(C)C)cc(C)c1N(c1ccc(C(C)(C)C)cc1)c1cccc(Br)c1.Cc1cc(C(C)(C)C)cc(C)c1N(c1ccc(C(C)(C)C)cc1)c1cccc(Cc2ccc(C(C)(C)C)cc2)c1. The van der Waals surface area contributed by atoms with E-state index >= 15 is 0 Å². The van der Waals surface area contributed by atoms with Gasteiger partial charge in [-0.15, -0.1) is 0 Å². The maximum Gasteiger partial charge on any atom is 0.0520 e. The molecular formula is C77H98BrN3. The van der Waals surface area contributed by atoms with Crippen molar-refractivity contribution in [3.63, 3.8) is 0 Å². The molecule has 0 unspecified atom stereocenters. The Bertz CT molecular complexity index is 3310. The number of nitrogens with zero attached hydrogens (tertiary/aromatic N) is 2. The summed E-state index contributed by atoms with van der Waals surface area (Å²) >= 11 is 3.66. The zero-order valence-corrected chi connectivity index (χ0v) is 55.3. The first-order valence-electron chi connectivity index (χ1n) is 29.3. The lowest BCUT2D eigenvalue weighted by atomic mass is 9.84. The van der Waals surface area contributed by atoms with Crippen molar-refractivity contribution in [3.05, 3.63) is 241 Å². The summed E-state index contributed by atoms with van der Waals surface area (Å²) in [6.45, 7) is 49.7. The molecule has 8 rings (SSSR count). The first-order chi connectivity index (χ1) is 37.4. The molecule has 0 amide bonds. The van der Waals surface area contributed by atoms with Gasteiger partial charge in [0.2, 0.25) is 0 Å². The normalized spacial score (nSPS) is 12.2. The van der Waals surface area contributed by atoms with Gasteiger partial charge in [-0.1, -0.05) is 244 Å². The van der Waals surface area contributed by atoms with Crippen molar-refractivity contribution in [2.45, 2.75) is 191 Å². The molecule has 4 heteroatoms. The molecule has 0 fully saturated rings.